The fourth-order valence-corrected chi connectivity index (χ4v) is 6.52. The van der Waals surface area contributed by atoms with Gasteiger partial charge in [0.2, 0.25) is 5.91 Å². The molecule has 1 atom stereocenters. The molecule has 2 heterocycles. The van der Waals surface area contributed by atoms with Crippen LogP contribution in [0.5, 0.6) is 0 Å². The first kappa shape index (κ1) is 29.0. The number of hydrogen-bond acceptors (Lipinski definition) is 6. The topological polar surface area (TPSA) is 106 Å². The van der Waals surface area contributed by atoms with Crippen molar-refractivity contribution in [2.75, 3.05) is 47.8 Å². The molecule has 2 saturated heterocycles. The lowest BCUT2D eigenvalue weighted by Gasteiger charge is -2.41. The van der Waals surface area contributed by atoms with E-state index in [1.54, 1.807) is 4.90 Å². The summed E-state index contributed by atoms with van der Waals surface area (Å²) in [6.45, 7) is 11.1. The van der Waals surface area contributed by atoms with Crippen LogP contribution in [0.4, 0.5) is 17.1 Å². The Bertz CT molecular complexity index is 1520. The number of para-hydroxylation sites is 1. The lowest BCUT2D eigenvalue weighted by atomic mass is 9.94. The van der Waals surface area contributed by atoms with E-state index in [4.69, 9.17) is 5.73 Å². The number of nitrogens with zero attached hydrogens (tertiary/aromatic N) is 4. The van der Waals surface area contributed by atoms with Crippen LogP contribution in [-0.4, -0.2) is 61.5 Å². The highest BCUT2D eigenvalue weighted by molar-refractivity contribution is 5.99. The number of piperidine rings is 1. The third-order valence-corrected chi connectivity index (χ3v) is 8.73. The van der Waals surface area contributed by atoms with Crippen molar-refractivity contribution in [2.45, 2.75) is 52.6 Å². The summed E-state index contributed by atoms with van der Waals surface area (Å²) < 4.78 is 0. The first-order valence-electron chi connectivity index (χ1n) is 14.7. The van der Waals surface area contributed by atoms with Crippen LogP contribution in [0.15, 0.2) is 54.6 Å². The largest absolute Gasteiger partial charge is 0.382 e. The lowest BCUT2D eigenvalue weighted by Crippen LogP contribution is -2.59. The molecule has 2 fully saturated rings. The van der Waals surface area contributed by atoms with Gasteiger partial charge in [-0.15, -0.1) is 0 Å². The van der Waals surface area contributed by atoms with Crippen LogP contribution in [0.3, 0.4) is 0 Å². The van der Waals surface area contributed by atoms with Crippen molar-refractivity contribution in [2.24, 2.45) is 5.73 Å². The molecule has 2 aliphatic rings. The fourth-order valence-electron chi connectivity index (χ4n) is 6.52. The van der Waals surface area contributed by atoms with Crippen LogP contribution in [0.25, 0.3) is 0 Å². The highest BCUT2D eigenvalue weighted by atomic mass is 16.2. The van der Waals surface area contributed by atoms with E-state index >= 15 is 0 Å². The Balaban J connectivity index is 1.31. The third kappa shape index (κ3) is 5.78. The van der Waals surface area contributed by atoms with Crippen molar-refractivity contribution in [3.05, 3.63) is 88.0 Å². The molecular weight excluding hydrogens is 524 g/mol. The third-order valence-electron chi connectivity index (χ3n) is 8.73. The summed E-state index contributed by atoms with van der Waals surface area (Å²) in [5.41, 5.74) is 14.2. The van der Waals surface area contributed by atoms with E-state index in [0.717, 1.165) is 70.8 Å². The number of amides is 2. The highest BCUT2D eigenvalue weighted by Crippen LogP contribution is 2.32. The number of nitrogens with one attached hydrogen (secondary N) is 1. The molecule has 0 radical (unpaired) electrons. The van der Waals surface area contributed by atoms with Gasteiger partial charge in [-0.25, -0.2) is 0 Å². The molecular formula is C34H40N6O2. The molecule has 5 rings (SSSR count). The molecule has 3 aromatic carbocycles. The molecule has 0 aliphatic carbocycles. The van der Waals surface area contributed by atoms with Crippen LogP contribution < -0.4 is 20.9 Å². The van der Waals surface area contributed by atoms with Crippen molar-refractivity contribution < 1.29 is 9.59 Å². The molecule has 0 spiro atoms. The summed E-state index contributed by atoms with van der Waals surface area (Å²) in [4.78, 5) is 32.5. The molecule has 1 unspecified atom stereocenters. The van der Waals surface area contributed by atoms with Crippen LogP contribution in [0.1, 0.15) is 51.0 Å². The zero-order valence-electron chi connectivity index (χ0n) is 25.0. The van der Waals surface area contributed by atoms with Gasteiger partial charge in [-0.3, -0.25) is 9.59 Å². The zero-order chi connectivity index (χ0) is 30.0. The average Bonchev–Trinajstić information content (AvgIpc) is 2.99. The van der Waals surface area contributed by atoms with Gasteiger partial charge in [-0.05, 0) is 87.1 Å². The molecule has 42 heavy (non-hydrogen) atoms. The van der Waals surface area contributed by atoms with Gasteiger partial charge in [0.05, 0.1) is 17.8 Å². The quantitative estimate of drug-likeness (QED) is 0.450. The Morgan fingerprint density at radius 1 is 0.929 bits per heavy atom. The van der Waals surface area contributed by atoms with Gasteiger partial charge in [0.1, 0.15) is 12.1 Å². The number of nitriles is 1. The van der Waals surface area contributed by atoms with Gasteiger partial charge in [0.25, 0.3) is 5.91 Å². The number of carbonyl (C=O) groups is 2. The SMILES string of the molecule is Cc1ccc(N2CCC(Nc3c(C)cc(C)c(C(=O)N4CCN(c5ccccc5)C(C(N)=O)C4)c3C)CC2)c(C#N)c1. The number of benzene rings is 3. The normalized spacial score (nSPS) is 17.6. The van der Waals surface area contributed by atoms with Crippen LogP contribution >= 0.6 is 0 Å². The summed E-state index contributed by atoms with van der Waals surface area (Å²) in [5, 5.41) is 13.4. The predicted molar refractivity (Wildman–Crippen MR) is 168 cm³/mol. The molecule has 8 heteroatoms. The number of carbonyl (C=O) groups excluding carboxylic acids is 2. The van der Waals surface area contributed by atoms with Gasteiger partial charge in [0, 0.05) is 49.2 Å². The number of nitrogens with two attached hydrogens (primary N) is 1. The van der Waals surface area contributed by atoms with Crippen molar-refractivity contribution >= 4 is 28.9 Å². The second-order valence-corrected chi connectivity index (χ2v) is 11.6. The molecule has 218 valence electrons. The monoisotopic (exact) mass is 564 g/mol. The number of rotatable bonds is 6. The van der Waals surface area contributed by atoms with Gasteiger partial charge in [0.15, 0.2) is 0 Å². The molecule has 3 N–H and O–H groups in total. The fraction of sp³-hybridized carbons (Fsp3) is 0.382. The number of hydrogen-bond donors (Lipinski definition) is 2. The standard InChI is InChI=1S/C34H40N6O2/c1-22-10-11-29(26(18-22)20-35)38-14-12-27(13-15-38)37-32-24(3)19-23(2)31(25(32)4)34(42)39-16-17-40(30(21-39)33(36)41)28-8-6-5-7-9-28/h5-11,18-19,27,30,37H,12-17,21H2,1-4H3,(H2,36,41). The summed E-state index contributed by atoms with van der Waals surface area (Å²) >= 11 is 0. The van der Waals surface area contributed by atoms with Gasteiger partial charge in [-0.2, -0.15) is 5.26 Å². The summed E-state index contributed by atoms with van der Waals surface area (Å²) in [6, 6.07) is 19.9. The number of aryl methyl sites for hydroxylation is 3. The molecule has 2 aliphatic heterocycles. The Hall–Kier alpha value is -4.51. The molecule has 0 bridgehead atoms. The summed E-state index contributed by atoms with van der Waals surface area (Å²) in [7, 11) is 0. The minimum absolute atomic E-state index is 0.0646. The predicted octanol–water partition coefficient (Wildman–Crippen LogP) is 4.69. The number of piperazine rings is 1. The Kier molecular flexibility index (Phi) is 8.39. The van der Waals surface area contributed by atoms with Gasteiger partial charge >= 0.3 is 0 Å². The second kappa shape index (κ2) is 12.2. The Labute approximate surface area is 248 Å². The van der Waals surface area contributed by atoms with Gasteiger partial charge in [-0.1, -0.05) is 30.3 Å². The first-order chi connectivity index (χ1) is 20.2. The average molecular weight is 565 g/mol. The minimum Gasteiger partial charge on any atom is -0.382 e. The molecule has 0 saturated carbocycles. The van der Waals surface area contributed by atoms with Crippen molar-refractivity contribution in [3.63, 3.8) is 0 Å². The lowest BCUT2D eigenvalue weighted by molar-refractivity contribution is -0.119. The van der Waals surface area contributed by atoms with Crippen molar-refractivity contribution in [1.29, 1.82) is 5.26 Å². The van der Waals surface area contributed by atoms with Crippen LogP contribution in [0.2, 0.25) is 0 Å². The maximum Gasteiger partial charge on any atom is 0.254 e. The van der Waals surface area contributed by atoms with Crippen LogP contribution in [0, 0.1) is 39.0 Å². The Morgan fingerprint density at radius 2 is 1.64 bits per heavy atom. The van der Waals surface area contributed by atoms with Crippen molar-refractivity contribution in [3.8, 4) is 6.07 Å². The zero-order valence-corrected chi connectivity index (χ0v) is 25.0. The maximum absolute atomic E-state index is 14.0. The van der Waals surface area contributed by atoms with Crippen LogP contribution in [-0.2, 0) is 4.79 Å². The molecule has 2 amide bonds. The van der Waals surface area contributed by atoms with E-state index in [1.807, 2.05) is 62.1 Å². The van der Waals surface area contributed by atoms with Gasteiger partial charge < -0.3 is 25.8 Å². The van der Waals surface area contributed by atoms with E-state index in [2.05, 4.69) is 41.4 Å². The van der Waals surface area contributed by atoms with Crippen molar-refractivity contribution in [1.82, 2.24) is 4.90 Å². The Morgan fingerprint density at radius 3 is 2.31 bits per heavy atom. The van der Waals surface area contributed by atoms with E-state index in [0.29, 0.717) is 18.7 Å². The van der Waals surface area contributed by atoms with E-state index in [9.17, 15) is 14.9 Å². The summed E-state index contributed by atoms with van der Waals surface area (Å²) in [5.74, 6) is -0.500. The molecule has 3 aromatic rings. The van der Waals surface area contributed by atoms with E-state index in [1.165, 1.54) is 0 Å². The second-order valence-electron chi connectivity index (χ2n) is 11.6. The van der Waals surface area contributed by atoms with E-state index < -0.39 is 11.9 Å². The number of anilines is 3. The minimum atomic E-state index is -0.589. The molecule has 0 aromatic heterocycles. The molecule has 8 nitrogen and oxygen atoms in total. The number of primary amides is 1. The summed E-state index contributed by atoms with van der Waals surface area (Å²) in [6.07, 6.45) is 1.85. The smallest absolute Gasteiger partial charge is 0.254 e. The van der Waals surface area contributed by atoms with E-state index in [-0.39, 0.29) is 18.5 Å². The highest BCUT2D eigenvalue weighted by Gasteiger charge is 2.35. The first-order valence-corrected chi connectivity index (χ1v) is 14.7. The maximum atomic E-state index is 14.0.